The van der Waals surface area contributed by atoms with Gasteiger partial charge in [-0.25, -0.2) is 8.42 Å². The zero-order valence-electron chi connectivity index (χ0n) is 10.3. The molecule has 0 aliphatic heterocycles. The Kier molecular flexibility index (Phi) is 4.81. The van der Waals surface area contributed by atoms with Crippen LogP contribution in [0.15, 0.2) is 18.2 Å². The lowest BCUT2D eigenvalue weighted by Gasteiger charge is -2.09. The third kappa shape index (κ3) is 4.65. The molecule has 0 aliphatic carbocycles. The van der Waals surface area contributed by atoms with Gasteiger partial charge in [0.25, 0.3) is 0 Å². The summed E-state index contributed by atoms with van der Waals surface area (Å²) in [5.41, 5.74) is 7.34. The molecule has 0 radical (unpaired) electrons. The van der Waals surface area contributed by atoms with Gasteiger partial charge in [0.15, 0.2) is 9.84 Å². The summed E-state index contributed by atoms with van der Waals surface area (Å²) in [6.45, 7) is 3.93. The minimum atomic E-state index is -2.99. The molecule has 0 amide bonds. The first-order valence-corrected chi connectivity index (χ1v) is 7.46. The van der Waals surface area contributed by atoms with E-state index in [9.17, 15) is 8.42 Å². The molecule has 17 heavy (non-hydrogen) atoms. The number of nitrogens with two attached hydrogens (primary N) is 1. The fraction of sp³-hybridized carbons (Fsp3) is 0.500. The lowest BCUT2D eigenvalue weighted by molar-refractivity contribution is 0.342. The Balaban J connectivity index is 2.51. The van der Waals surface area contributed by atoms with E-state index in [0.29, 0.717) is 17.9 Å². The van der Waals surface area contributed by atoms with E-state index < -0.39 is 9.84 Å². The molecule has 0 aromatic heterocycles. The van der Waals surface area contributed by atoms with Crippen LogP contribution in [0.2, 0.25) is 0 Å². The van der Waals surface area contributed by atoms with Crippen LogP contribution < -0.4 is 10.5 Å². The summed E-state index contributed by atoms with van der Waals surface area (Å²) < 4.78 is 28.3. The Hall–Kier alpha value is -1.23. The Bertz CT molecular complexity index is 469. The quantitative estimate of drug-likeness (QED) is 0.789. The Morgan fingerprint density at radius 3 is 2.59 bits per heavy atom. The number of anilines is 1. The van der Waals surface area contributed by atoms with E-state index in [-0.39, 0.29) is 18.1 Å². The maximum absolute atomic E-state index is 11.4. The first-order chi connectivity index (χ1) is 7.94. The summed E-state index contributed by atoms with van der Waals surface area (Å²) in [4.78, 5) is 0. The molecule has 4 nitrogen and oxygen atoms in total. The molecular weight excluding hydrogens is 238 g/mol. The summed E-state index contributed by atoms with van der Waals surface area (Å²) in [6.07, 6.45) is 0.634. The second-order valence-electron chi connectivity index (χ2n) is 4.04. The van der Waals surface area contributed by atoms with Crippen molar-refractivity contribution in [3.05, 3.63) is 23.8 Å². The lowest BCUT2D eigenvalue weighted by atomic mass is 10.2. The highest BCUT2D eigenvalue weighted by molar-refractivity contribution is 7.91. The number of hydrogen-bond acceptors (Lipinski definition) is 4. The average molecular weight is 257 g/mol. The number of nitrogen functional groups attached to an aromatic ring is 1. The summed E-state index contributed by atoms with van der Waals surface area (Å²) in [5, 5.41) is 0. The van der Waals surface area contributed by atoms with Crippen LogP contribution in [0.5, 0.6) is 5.75 Å². The summed E-state index contributed by atoms with van der Waals surface area (Å²) >= 11 is 0. The Labute approximate surface area is 103 Å². The van der Waals surface area contributed by atoms with E-state index in [0.717, 1.165) is 5.56 Å². The van der Waals surface area contributed by atoms with Gasteiger partial charge in [-0.2, -0.15) is 0 Å². The second kappa shape index (κ2) is 5.91. The van der Waals surface area contributed by atoms with Gasteiger partial charge in [-0.05, 0) is 31.0 Å². The van der Waals surface area contributed by atoms with Crippen LogP contribution in [0.4, 0.5) is 5.69 Å². The zero-order chi connectivity index (χ0) is 12.9. The Morgan fingerprint density at radius 2 is 2.00 bits per heavy atom. The molecule has 0 saturated heterocycles. The van der Waals surface area contributed by atoms with Gasteiger partial charge in [0, 0.05) is 0 Å². The highest BCUT2D eigenvalue weighted by Crippen LogP contribution is 2.21. The number of aryl methyl sites for hydroxylation is 1. The number of rotatable bonds is 6. The molecule has 0 atom stereocenters. The molecule has 5 heteroatoms. The van der Waals surface area contributed by atoms with E-state index in [4.69, 9.17) is 10.5 Å². The van der Waals surface area contributed by atoms with E-state index in [1.807, 2.05) is 19.9 Å². The van der Waals surface area contributed by atoms with Crippen LogP contribution in [0, 0.1) is 6.92 Å². The van der Waals surface area contributed by atoms with Gasteiger partial charge in [-0.1, -0.05) is 13.0 Å². The molecule has 96 valence electrons. The van der Waals surface area contributed by atoms with Gasteiger partial charge >= 0.3 is 0 Å². The fourth-order valence-electron chi connectivity index (χ4n) is 1.49. The van der Waals surface area contributed by atoms with Crippen LogP contribution in [0.25, 0.3) is 0 Å². The molecule has 0 unspecified atom stereocenters. The van der Waals surface area contributed by atoms with Crippen LogP contribution >= 0.6 is 0 Å². The first-order valence-electron chi connectivity index (χ1n) is 5.64. The minimum absolute atomic E-state index is 0.0359. The van der Waals surface area contributed by atoms with E-state index >= 15 is 0 Å². The van der Waals surface area contributed by atoms with Gasteiger partial charge in [0.2, 0.25) is 0 Å². The van der Waals surface area contributed by atoms with Crippen LogP contribution in [0.3, 0.4) is 0 Å². The topological polar surface area (TPSA) is 69.4 Å². The highest BCUT2D eigenvalue weighted by atomic mass is 32.2. The van der Waals surface area contributed by atoms with E-state index in [2.05, 4.69) is 0 Å². The SMILES string of the molecule is CCCS(=O)(=O)CCOc1ccc(C)cc1N. The van der Waals surface area contributed by atoms with Gasteiger partial charge in [0.05, 0.1) is 17.2 Å². The number of ether oxygens (including phenoxy) is 1. The van der Waals surface area contributed by atoms with Crippen molar-refractivity contribution in [2.24, 2.45) is 0 Å². The normalized spacial score (nSPS) is 11.4. The van der Waals surface area contributed by atoms with Crippen molar-refractivity contribution in [1.29, 1.82) is 0 Å². The Morgan fingerprint density at radius 1 is 1.29 bits per heavy atom. The van der Waals surface area contributed by atoms with Crippen LogP contribution in [-0.4, -0.2) is 26.5 Å². The third-order valence-corrected chi connectivity index (χ3v) is 4.15. The largest absolute Gasteiger partial charge is 0.490 e. The van der Waals surface area contributed by atoms with Crippen molar-refractivity contribution in [3.8, 4) is 5.75 Å². The zero-order valence-corrected chi connectivity index (χ0v) is 11.1. The molecule has 0 spiro atoms. The van der Waals surface area contributed by atoms with Gasteiger partial charge in [-0.15, -0.1) is 0 Å². The molecule has 0 bridgehead atoms. The van der Waals surface area contributed by atoms with Crippen LogP contribution in [-0.2, 0) is 9.84 Å². The molecule has 0 saturated carbocycles. The second-order valence-corrected chi connectivity index (χ2v) is 6.35. The van der Waals surface area contributed by atoms with Crippen molar-refractivity contribution in [3.63, 3.8) is 0 Å². The van der Waals surface area contributed by atoms with Crippen molar-refractivity contribution in [2.45, 2.75) is 20.3 Å². The molecule has 2 N–H and O–H groups in total. The predicted molar refractivity (Wildman–Crippen MR) is 70.0 cm³/mol. The van der Waals surface area contributed by atoms with Crippen molar-refractivity contribution >= 4 is 15.5 Å². The van der Waals surface area contributed by atoms with Crippen molar-refractivity contribution < 1.29 is 13.2 Å². The first kappa shape index (κ1) is 13.8. The van der Waals surface area contributed by atoms with Gasteiger partial charge < -0.3 is 10.5 Å². The van der Waals surface area contributed by atoms with Gasteiger partial charge in [-0.3, -0.25) is 0 Å². The third-order valence-electron chi connectivity index (χ3n) is 2.33. The summed E-state index contributed by atoms with van der Waals surface area (Å²) in [5.74, 6) is 0.788. The van der Waals surface area contributed by atoms with E-state index in [1.54, 1.807) is 12.1 Å². The monoisotopic (exact) mass is 257 g/mol. The number of sulfone groups is 1. The fourth-order valence-corrected chi connectivity index (χ4v) is 2.65. The molecular formula is C12H19NO3S. The highest BCUT2D eigenvalue weighted by Gasteiger charge is 2.10. The average Bonchev–Trinajstić information content (AvgIpc) is 2.21. The molecule has 0 heterocycles. The number of benzene rings is 1. The predicted octanol–water partition coefficient (Wildman–Crippen LogP) is 1.78. The summed E-state index contributed by atoms with van der Waals surface area (Å²) in [6, 6.07) is 5.44. The molecule has 0 aliphatic rings. The summed E-state index contributed by atoms with van der Waals surface area (Å²) in [7, 11) is -2.99. The smallest absolute Gasteiger partial charge is 0.153 e. The van der Waals surface area contributed by atoms with E-state index in [1.165, 1.54) is 0 Å². The molecule has 0 fully saturated rings. The molecule has 1 rings (SSSR count). The molecule has 1 aromatic rings. The lowest BCUT2D eigenvalue weighted by Crippen LogP contribution is -2.17. The van der Waals surface area contributed by atoms with Crippen molar-refractivity contribution in [2.75, 3.05) is 23.8 Å². The number of hydrogen-bond donors (Lipinski definition) is 1. The standard InChI is InChI=1S/C12H19NO3S/c1-3-7-17(14,15)8-6-16-12-5-4-10(2)9-11(12)13/h4-5,9H,3,6-8,13H2,1-2H3. The van der Waals surface area contributed by atoms with Crippen LogP contribution in [0.1, 0.15) is 18.9 Å². The molecule has 1 aromatic carbocycles. The maximum Gasteiger partial charge on any atom is 0.153 e. The van der Waals surface area contributed by atoms with Gasteiger partial charge in [0.1, 0.15) is 12.4 Å². The minimum Gasteiger partial charge on any atom is -0.490 e. The maximum atomic E-state index is 11.4. The van der Waals surface area contributed by atoms with Crippen molar-refractivity contribution in [1.82, 2.24) is 0 Å².